The maximum atomic E-state index is 13.1. The first-order valence-corrected chi connectivity index (χ1v) is 6.98. The number of alkyl halides is 3. The van der Waals surface area contributed by atoms with Crippen LogP contribution in [0.15, 0.2) is 23.1 Å². The third-order valence-electron chi connectivity index (χ3n) is 3.17. The second kappa shape index (κ2) is 5.73. The summed E-state index contributed by atoms with van der Waals surface area (Å²) in [6, 6.07) is 4.31. The molecule has 0 saturated carbocycles. The zero-order valence-electron chi connectivity index (χ0n) is 10.5. The minimum Gasteiger partial charge on any atom is -0.377 e. The molecule has 0 aromatic heterocycles. The van der Waals surface area contributed by atoms with Gasteiger partial charge in [0, 0.05) is 23.3 Å². The van der Waals surface area contributed by atoms with Crippen LogP contribution in [-0.2, 0) is 17.5 Å². The van der Waals surface area contributed by atoms with Gasteiger partial charge >= 0.3 is 6.18 Å². The molecule has 0 aliphatic carbocycles. The Morgan fingerprint density at radius 1 is 1.42 bits per heavy atom. The van der Waals surface area contributed by atoms with Crippen LogP contribution in [0.4, 0.5) is 13.2 Å². The third-order valence-corrected chi connectivity index (χ3v) is 4.70. The number of thioether (sulfide) groups is 1. The van der Waals surface area contributed by atoms with Crippen LogP contribution >= 0.6 is 11.8 Å². The number of hydrogen-bond donors (Lipinski definition) is 1. The van der Waals surface area contributed by atoms with Gasteiger partial charge in [0.2, 0.25) is 0 Å². The summed E-state index contributed by atoms with van der Waals surface area (Å²) in [5.74, 6) is 0. The maximum Gasteiger partial charge on any atom is 0.417 e. The van der Waals surface area contributed by atoms with E-state index in [1.165, 1.54) is 17.8 Å². The molecule has 2 rings (SSSR count). The van der Waals surface area contributed by atoms with E-state index in [4.69, 9.17) is 10.5 Å². The summed E-state index contributed by atoms with van der Waals surface area (Å²) < 4.78 is 44.5. The van der Waals surface area contributed by atoms with Gasteiger partial charge in [0.15, 0.2) is 0 Å². The van der Waals surface area contributed by atoms with E-state index >= 15 is 0 Å². The molecule has 1 saturated heterocycles. The van der Waals surface area contributed by atoms with Crippen molar-refractivity contribution in [3.05, 3.63) is 29.3 Å². The van der Waals surface area contributed by atoms with Crippen molar-refractivity contribution in [1.29, 1.82) is 0 Å². The zero-order valence-corrected chi connectivity index (χ0v) is 11.4. The van der Waals surface area contributed by atoms with Crippen molar-refractivity contribution >= 4 is 11.8 Å². The van der Waals surface area contributed by atoms with Crippen molar-refractivity contribution in [2.45, 2.75) is 42.3 Å². The SMILES string of the molecule is CC1OCCC1Sc1ccc(CN)cc1C(F)(F)F. The summed E-state index contributed by atoms with van der Waals surface area (Å²) in [5, 5.41) is 0.0739. The van der Waals surface area contributed by atoms with Gasteiger partial charge in [0.25, 0.3) is 0 Å². The molecule has 0 amide bonds. The number of nitrogens with two attached hydrogens (primary N) is 1. The summed E-state index contributed by atoms with van der Waals surface area (Å²) in [5.41, 5.74) is 5.30. The number of benzene rings is 1. The second-order valence-electron chi connectivity index (χ2n) is 4.55. The highest BCUT2D eigenvalue weighted by atomic mass is 32.2. The predicted octanol–water partition coefficient (Wildman–Crippen LogP) is 3.43. The lowest BCUT2D eigenvalue weighted by Gasteiger charge is -2.18. The Morgan fingerprint density at radius 3 is 2.68 bits per heavy atom. The van der Waals surface area contributed by atoms with Gasteiger partial charge in [-0.25, -0.2) is 0 Å². The molecule has 1 aromatic rings. The van der Waals surface area contributed by atoms with E-state index in [1.54, 1.807) is 6.07 Å². The fourth-order valence-electron chi connectivity index (χ4n) is 2.06. The molecular weight excluding hydrogens is 275 g/mol. The second-order valence-corrected chi connectivity index (χ2v) is 5.83. The first-order valence-electron chi connectivity index (χ1n) is 6.10. The van der Waals surface area contributed by atoms with Crippen LogP contribution in [0.3, 0.4) is 0 Å². The Morgan fingerprint density at radius 2 is 2.16 bits per heavy atom. The number of hydrogen-bond acceptors (Lipinski definition) is 3. The van der Waals surface area contributed by atoms with E-state index in [-0.39, 0.29) is 22.8 Å². The van der Waals surface area contributed by atoms with Gasteiger partial charge in [-0.3, -0.25) is 0 Å². The summed E-state index contributed by atoms with van der Waals surface area (Å²) >= 11 is 1.25. The largest absolute Gasteiger partial charge is 0.417 e. The molecule has 1 aliphatic rings. The lowest BCUT2D eigenvalue weighted by atomic mass is 10.1. The first kappa shape index (κ1) is 14.7. The van der Waals surface area contributed by atoms with Crippen molar-refractivity contribution < 1.29 is 17.9 Å². The van der Waals surface area contributed by atoms with Gasteiger partial charge in [-0.15, -0.1) is 11.8 Å². The van der Waals surface area contributed by atoms with Crippen LogP contribution in [0.2, 0.25) is 0 Å². The van der Waals surface area contributed by atoms with Gasteiger partial charge in [0.05, 0.1) is 11.7 Å². The Kier molecular flexibility index (Phi) is 4.43. The Bertz CT molecular complexity index is 450. The van der Waals surface area contributed by atoms with E-state index in [0.29, 0.717) is 12.2 Å². The van der Waals surface area contributed by atoms with E-state index in [9.17, 15) is 13.2 Å². The fourth-order valence-corrected chi connectivity index (χ4v) is 3.32. The standard InChI is InChI=1S/C13H16F3NOS/c1-8-11(4-5-18-8)19-12-3-2-9(7-17)6-10(12)13(14,15)16/h2-3,6,8,11H,4-5,7,17H2,1H3. The van der Waals surface area contributed by atoms with Gasteiger partial charge in [0.1, 0.15) is 0 Å². The summed E-state index contributed by atoms with van der Waals surface area (Å²) in [7, 11) is 0. The van der Waals surface area contributed by atoms with Gasteiger partial charge < -0.3 is 10.5 Å². The molecule has 0 radical (unpaired) electrons. The predicted molar refractivity (Wildman–Crippen MR) is 69.0 cm³/mol. The van der Waals surface area contributed by atoms with Crippen molar-refractivity contribution in [3.8, 4) is 0 Å². The number of rotatable bonds is 3. The van der Waals surface area contributed by atoms with E-state index in [0.717, 1.165) is 12.5 Å². The molecule has 1 fully saturated rings. The molecule has 2 atom stereocenters. The lowest BCUT2D eigenvalue weighted by molar-refractivity contribution is -0.139. The van der Waals surface area contributed by atoms with Crippen molar-refractivity contribution in [1.82, 2.24) is 0 Å². The van der Waals surface area contributed by atoms with Crippen LogP contribution in [0.5, 0.6) is 0 Å². The molecule has 106 valence electrons. The van der Waals surface area contributed by atoms with Crippen molar-refractivity contribution in [2.24, 2.45) is 5.73 Å². The van der Waals surface area contributed by atoms with Crippen LogP contribution in [0, 0.1) is 0 Å². The zero-order chi connectivity index (χ0) is 14.0. The quantitative estimate of drug-likeness (QED) is 0.926. The van der Waals surface area contributed by atoms with Crippen LogP contribution in [0.1, 0.15) is 24.5 Å². The summed E-state index contributed by atoms with van der Waals surface area (Å²) in [6.07, 6.45) is -3.59. The monoisotopic (exact) mass is 291 g/mol. The van der Waals surface area contributed by atoms with Crippen molar-refractivity contribution in [3.63, 3.8) is 0 Å². The van der Waals surface area contributed by atoms with Crippen LogP contribution < -0.4 is 5.73 Å². The Hall–Kier alpha value is -0.720. The highest BCUT2D eigenvalue weighted by Crippen LogP contribution is 2.41. The van der Waals surface area contributed by atoms with E-state index in [1.807, 2.05) is 6.92 Å². The lowest BCUT2D eigenvalue weighted by Crippen LogP contribution is -2.15. The molecule has 2 N–H and O–H groups in total. The maximum absolute atomic E-state index is 13.1. The molecule has 0 spiro atoms. The molecule has 1 heterocycles. The highest BCUT2D eigenvalue weighted by molar-refractivity contribution is 8.00. The summed E-state index contributed by atoms with van der Waals surface area (Å²) in [4.78, 5) is 0.257. The molecule has 19 heavy (non-hydrogen) atoms. The highest BCUT2D eigenvalue weighted by Gasteiger charge is 2.35. The molecule has 1 aliphatic heterocycles. The molecular formula is C13H16F3NOS. The number of halogens is 3. The number of ether oxygens (including phenoxy) is 1. The van der Waals surface area contributed by atoms with Gasteiger partial charge in [-0.2, -0.15) is 13.2 Å². The Labute approximate surface area is 114 Å². The summed E-state index contributed by atoms with van der Waals surface area (Å²) in [6.45, 7) is 2.62. The smallest absolute Gasteiger partial charge is 0.377 e. The molecule has 2 nitrogen and oxygen atoms in total. The minimum atomic E-state index is -4.35. The topological polar surface area (TPSA) is 35.2 Å². The van der Waals surface area contributed by atoms with Crippen molar-refractivity contribution in [2.75, 3.05) is 6.61 Å². The fraction of sp³-hybridized carbons (Fsp3) is 0.538. The Balaban J connectivity index is 2.28. The van der Waals surface area contributed by atoms with Gasteiger partial charge in [-0.1, -0.05) is 6.07 Å². The molecule has 6 heteroatoms. The van der Waals surface area contributed by atoms with Gasteiger partial charge in [-0.05, 0) is 31.0 Å². The normalized spacial score (nSPS) is 23.8. The third kappa shape index (κ3) is 3.43. The average Bonchev–Trinajstić information content (AvgIpc) is 2.74. The van der Waals surface area contributed by atoms with Crippen LogP contribution in [0.25, 0.3) is 0 Å². The van der Waals surface area contributed by atoms with E-state index in [2.05, 4.69) is 0 Å². The van der Waals surface area contributed by atoms with Crippen LogP contribution in [-0.4, -0.2) is 18.0 Å². The minimum absolute atomic E-state index is 0.0136. The average molecular weight is 291 g/mol. The van der Waals surface area contributed by atoms with E-state index < -0.39 is 11.7 Å². The molecule has 1 aromatic carbocycles. The first-order chi connectivity index (χ1) is 8.91. The molecule has 2 unspecified atom stereocenters. The molecule has 0 bridgehead atoms.